The van der Waals surface area contributed by atoms with Crippen LogP contribution in [0.3, 0.4) is 0 Å². The van der Waals surface area contributed by atoms with E-state index < -0.39 is 0 Å². The van der Waals surface area contributed by atoms with E-state index in [1.165, 1.54) is 0 Å². The van der Waals surface area contributed by atoms with Crippen LogP contribution in [0.2, 0.25) is 0 Å². The van der Waals surface area contributed by atoms with Gasteiger partial charge in [-0.15, -0.1) is 0 Å². The number of allylic oxidation sites excluding steroid dienone is 1. The molecule has 2 heterocycles. The summed E-state index contributed by atoms with van der Waals surface area (Å²) in [6.45, 7) is 4.00. The molecule has 0 saturated carbocycles. The number of hydrogen-bond donors (Lipinski definition) is 2. The van der Waals surface area contributed by atoms with Crippen molar-refractivity contribution in [2.75, 3.05) is 19.8 Å². The quantitative estimate of drug-likeness (QED) is 0.746. The van der Waals surface area contributed by atoms with Crippen molar-refractivity contribution in [3.05, 3.63) is 71.0 Å². The standard InChI is InChI=1S/C21H22O5/c1-13(21-19(26-21)12-24-10-18-11-25-18)20(14-2-6-16(22)7-3-14)15-4-8-17(23)9-5-15/h2-9,18-20,22-23H,10-12H2,1H3/b21-13+. The van der Waals surface area contributed by atoms with E-state index in [0.29, 0.717) is 13.2 Å². The summed E-state index contributed by atoms with van der Waals surface area (Å²) in [6.07, 6.45) is 0.245. The molecule has 2 N–H and O–H groups in total. The Balaban J connectivity index is 1.56. The maximum Gasteiger partial charge on any atom is 0.178 e. The first-order chi connectivity index (χ1) is 12.6. The molecule has 136 valence electrons. The highest BCUT2D eigenvalue weighted by Gasteiger charge is 2.38. The average molecular weight is 354 g/mol. The van der Waals surface area contributed by atoms with Gasteiger partial charge in [0.2, 0.25) is 0 Å². The fraction of sp³-hybridized carbons (Fsp3) is 0.333. The summed E-state index contributed by atoms with van der Waals surface area (Å²) >= 11 is 0. The largest absolute Gasteiger partial charge is 0.508 e. The molecule has 0 radical (unpaired) electrons. The van der Waals surface area contributed by atoms with Crippen LogP contribution >= 0.6 is 0 Å². The van der Waals surface area contributed by atoms with Crippen LogP contribution in [-0.2, 0) is 14.2 Å². The predicted octanol–water partition coefficient (Wildman–Crippen LogP) is 3.32. The van der Waals surface area contributed by atoms with E-state index in [1.54, 1.807) is 24.3 Å². The van der Waals surface area contributed by atoms with Crippen LogP contribution < -0.4 is 0 Å². The molecule has 0 amide bonds. The van der Waals surface area contributed by atoms with Gasteiger partial charge in [0, 0.05) is 5.92 Å². The lowest BCUT2D eigenvalue weighted by Crippen LogP contribution is -2.08. The van der Waals surface area contributed by atoms with E-state index in [4.69, 9.17) is 14.2 Å². The average Bonchev–Trinajstić information content (AvgIpc) is 3.54. The lowest BCUT2D eigenvalue weighted by Gasteiger charge is -2.18. The van der Waals surface area contributed by atoms with Gasteiger partial charge in [-0.2, -0.15) is 0 Å². The molecule has 26 heavy (non-hydrogen) atoms. The van der Waals surface area contributed by atoms with Gasteiger partial charge in [0.15, 0.2) is 6.10 Å². The van der Waals surface area contributed by atoms with Crippen LogP contribution in [0.4, 0.5) is 0 Å². The first kappa shape index (κ1) is 16.9. The molecule has 2 unspecified atom stereocenters. The fourth-order valence-electron chi connectivity index (χ4n) is 3.21. The number of aromatic hydroxyl groups is 2. The summed E-state index contributed by atoms with van der Waals surface area (Å²) in [6, 6.07) is 14.4. The van der Waals surface area contributed by atoms with E-state index in [0.717, 1.165) is 29.1 Å². The Morgan fingerprint density at radius 2 is 1.54 bits per heavy atom. The highest BCUT2D eigenvalue weighted by atomic mass is 16.6. The molecule has 2 aromatic rings. The van der Waals surface area contributed by atoms with Crippen LogP contribution in [-0.4, -0.2) is 42.2 Å². The molecule has 0 bridgehead atoms. The van der Waals surface area contributed by atoms with Crippen molar-refractivity contribution in [2.24, 2.45) is 0 Å². The first-order valence-corrected chi connectivity index (χ1v) is 8.76. The summed E-state index contributed by atoms with van der Waals surface area (Å²) < 4.78 is 16.5. The number of hydrogen-bond acceptors (Lipinski definition) is 5. The lowest BCUT2D eigenvalue weighted by molar-refractivity contribution is 0.102. The molecule has 2 aromatic carbocycles. The zero-order valence-corrected chi connectivity index (χ0v) is 14.6. The van der Waals surface area contributed by atoms with Crippen LogP contribution in [0.15, 0.2) is 59.9 Å². The number of epoxide rings is 2. The van der Waals surface area contributed by atoms with Gasteiger partial charge in [0.1, 0.15) is 23.4 Å². The van der Waals surface area contributed by atoms with E-state index in [9.17, 15) is 10.2 Å². The summed E-state index contributed by atoms with van der Waals surface area (Å²) in [7, 11) is 0. The second kappa shape index (κ2) is 7.02. The molecule has 2 aliphatic rings. The fourth-order valence-corrected chi connectivity index (χ4v) is 3.21. The molecule has 4 rings (SSSR count). The van der Waals surface area contributed by atoms with Crippen LogP contribution in [0.25, 0.3) is 0 Å². The zero-order valence-electron chi connectivity index (χ0n) is 14.6. The van der Waals surface area contributed by atoms with Gasteiger partial charge in [0.05, 0.1) is 19.8 Å². The predicted molar refractivity (Wildman–Crippen MR) is 96.2 cm³/mol. The minimum absolute atomic E-state index is 0.00881. The molecule has 2 fully saturated rings. The molecule has 2 aliphatic heterocycles. The number of benzene rings is 2. The topological polar surface area (TPSA) is 74.8 Å². The van der Waals surface area contributed by atoms with Crippen LogP contribution in [0, 0.1) is 0 Å². The minimum Gasteiger partial charge on any atom is -0.508 e. The van der Waals surface area contributed by atoms with Gasteiger partial charge < -0.3 is 24.4 Å². The molecule has 2 saturated heterocycles. The Bertz CT molecular complexity index is 745. The van der Waals surface area contributed by atoms with Crippen molar-refractivity contribution >= 4 is 0 Å². The third kappa shape index (κ3) is 3.84. The summed E-state index contributed by atoms with van der Waals surface area (Å²) in [4.78, 5) is 0. The summed E-state index contributed by atoms with van der Waals surface area (Å²) in [5, 5.41) is 19.2. The minimum atomic E-state index is -0.0111. The SMILES string of the molecule is C/C(=C1\OC1COCC1CO1)C(c1ccc(O)cc1)c1ccc(O)cc1. The maximum absolute atomic E-state index is 9.60. The molecule has 0 spiro atoms. The summed E-state index contributed by atoms with van der Waals surface area (Å²) in [5.74, 6) is 1.41. The van der Waals surface area contributed by atoms with Crippen molar-refractivity contribution in [3.63, 3.8) is 0 Å². The maximum atomic E-state index is 9.60. The number of phenolic OH excluding ortho intramolecular Hbond substituents is 2. The van der Waals surface area contributed by atoms with Gasteiger partial charge in [-0.25, -0.2) is 0 Å². The Morgan fingerprint density at radius 3 is 2.04 bits per heavy atom. The van der Waals surface area contributed by atoms with Crippen molar-refractivity contribution in [3.8, 4) is 11.5 Å². The third-order valence-corrected chi connectivity index (χ3v) is 4.75. The number of ether oxygens (including phenoxy) is 3. The molecule has 0 aromatic heterocycles. The van der Waals surface area contributed by atoms with Gasteiger partial charge in [-0.3, -0.25) is 0 Å². The van der Waals surface area contributed by atoms with Crippen molar-refractivity contribution in [1.82, 2.24) is 0 Å². The van der Waals surface area contributed by atoms with Gasteiger partial charge in [-0.1, -0.05) is 24.3 Å². The van der Waals surface area contributed by atoms with Crippen LogP contribution in [0.5, 0.6) is 11.5 Å². The van der Waals surface area contributed by atoms with Crippen molar-refractivity contribution in [1.29, 1.82) is 0 Å². The third-order valence-electron chi connectivity index (χ3n) is 4.75. The molecular weight excluding hydrogens is 332 g/mol. The Hall–Kier alpha value is -2.50. The Labute approximate surface area is 152 Å². The van der Waals surface area contributed by atoms with E-state index in [1.807, 2.05) is 24.3 Å². The smallest absolute Gasteiger partial charge is 0.178 e. The van der Waals surface area contributed by atoms with Gasteiger partial charge >= 0.3 is 0 Å². The van der Waals surface area contributed by atoms with E-state index in [2.05, 4.69) is 6.92 Å². The Kier molecular flexibility index (Phi) is 4.57. The zero-order chi connectivity index (χ0) is 18.1. The van der Waals surface area contributed by atoms with Gasteiger partial charge in [-0.05, 0) is 47.9 Å². The molecular formula is C21H22O5. The second-order valence-corrected chi connectivity index (χ2v) is 6.76. The molecule has 5 heteroatoms. The molecule has 0 aliphatic carbocycles. The first-order valence-electron chi connectivity index (χ1n) is 8.76. The highest BCUT2D eigenvalue weighted by molar-refractivity contribution is 5.45. The monoisotopic (exact) mass is 354 g/mol. The van der Waals surface area contributed by atoms with Crippen LogP contribution in [0.1, 0.15) is 24.0 Å². The molecule has 2 atom stereocenters. The second-order valence-electron chi connectivity index (χ2n) is 6.76. The van der Waals surface area contributed by atoms with E-state index in [-0.39, 0.29) is 29.6 Å². The molecule has 5 nitrogen and oxygen atoms in total. The normalized spacial score (nSPS) is 22.8. The highest BCUT2D eigenvalue weighted by Crippen LogP contribution is 2.41. The van der Waals surface area contributed by atoms with Gasteiger partial charge in [0.25, 0.3) is 0 Å². The number of phenols is 2. The van der Waals surface area contributed by atoms with E-state index >= 15 is 0 Å². The van der Waals surface area contributed by atoms with Crippen molar-refractivity contribution in [2.45, 2.75) is 25.0 Å². The Morgan fingerprint density at radius 1 is 1.00 bits per heavy atom. The number of rotatable bonds is 7. The lowest BCUT2D eigenvalue weighted by atomic mass is 9.85. The summed E-state index contributed by atoms with van der Waals surface area (Å²) in [5.41, 5.74) is 3.22. The van der Waals surface area contributed by atoms with Crippen molar-refractivity contribution < 1.29 is 24.4 Å².